The fraction of sp³-hybridized carbons (Fsp3) is 0.286. The van der Waals surface area contributed by atoms with E-state index in [0.717, 1.165) is 29.9 Å². The molecule has 0 radical (unpaired) electrons. The maximum Gasteiger partial charge on any atom is 0.261 e. The minimum Gasteiger partial charge on any atom is -0.379 e. The summed E-state index contributed by atoms with van der Waals surface area (Å²) in [5, 5.41) is 9.75. The van der Waals surface area contributed by atoms with Crippen LogP contribution < -0.4 is 5.32 Å². The van der Waals surface area contributed by atoms with Crippen LogP contribution in [-0.4, -0.2) is 69.0 Å². The summed E-state index contributed by atoms with van der Waals surface area (Å²) in [7, 11) is -3.54. The summed E-state index contributed by atoms with van der Waals surface area (Å²) < 4.78 is 31.5. The molecule has 8 nitrogen and oxygen atoms in total. The minimum atomic E-state index is -3.54. The summed E-state index contributed by atoms with van der Waals surface area (Å²) in [6.45, 7) is 3.69. The van der Waals surface area contributed by atoms with Crippen molar-refractivity contribution in [2.24, 2.45) is 5.10 Å². The van der Waals surface area contributed by atoms with E-state index in [-0.39, 0.29) is 5.91 Å². The summed E-state index contributed by atoms with van der Waals surface area (Å²) in [5.41, 5.74) is 4.05. The van der Waals surface area contributed by atoms with Crippen LogP contribution in [0, 0.1) is 0 Å². The van der Waals surface area contributed by atoms with Gasteiger partial charge in [0.25, 0.3) is 5.91 Å². The van der Waals surface area contributed by atoms with Crippen LogP contribution in [0.2, 0.25) is 0 Å². The van der Waals surface area contributed by atoms with E-state index in [9.17, 15) is 13.2 Å². The van der Waals surface area contributed by atoms with Crippen LogP contribution in [0.4, 0.5) is 0 Å². The van der Waals surface area contributed by atoms with E-state index in [1.54, 1.807) is 29.3 Å². The molecule has 0 spiro atoms. The first-order valence-corrected chi connectivity index (χ1v) is 13.9. The van der Waals surface area contributed by atoms with Gasteiger partial charge in [-0.05, 0) is 29.3 Å². The Bertz CT molecular complexity index is 1470. The standard InChI is InChI=1S/C28H28N4O4S/c33-28-25(29-18-20-6-2-1-3-7-20)17-24(30-32(28)19-31-12-14-36-15-13-31)21-10-11-27-23(16-21)22-8-4-5-9-26(22)37(27,34)35/h1-11,16,25,29H,12-15,17-19H2. The van der Waals surface area contributed by atoms with Crippen LogP contribution in [-0.2, 0) is 25.9 Å². The van der Waals surface area contributed by atoms with Crippen molar-refractivity contribution in [1.82, 2.24) is 15.2 Å². The number of carbonyl (C=O) groups is 1. The maximum atomic E-state index is 13.5. The average molecular weight is 517 g/mol. The molecule has 37 heavy (non-hydrogen) atoms. The van der Waals surface area contributed by atoms with Gasteiger partial charge in [-0.1, -0.05) is 54.6 Å². The minimum absolute atomic E-state index is 0.0692. The van der Waals surface area contributed by atoms with E-state index in [2.05, 4.69) is 10.2 Å². The van der Waals surface area contributed by atoms with Crippen LogP contribution in [0.15, 0.2) is 87.7 Å². The van der Waals surface area contributed by atoms with E-state index < -0.39 is 15.9 Å². The highest BCUT2D eigenvalue weighted by molar-refractivity contribution is 7.92. The number of hydrazone groups is 1. The molecule has 3 aliphatic heterocycles. The van der Waals surface area contributed by atoms with Gasteiger partial charge in [-0.3, -0.25) is 9.69 Å². The molecule has 0 bridgehead atoms. The number of morpholine rings is 1. The number of hydrogen-bond donors (Lipinski definition) is 1. The number of amides is 1. The van der Waals surface area contributed by atoms with Crippen molar-refractivity contribution >= 4 is 21.5 Å². The van der Waals surface area contributed by atoms with E-state index in [0.29, 0.717) is 53.8 Å². The van der Waals surface area contributed by atoms with Gasteiger partial charge in [0.15, 0.2) is 0 Å². The van der Waals surface area contributed by atoms with Gasteiger partial charge in [0.2, 0.25) is 9.84 Å². The van der Waals surface area contributed by atoms with Crippen molar-refractivity contribution in [1.29, 1.82) is 0 Å². The number of ether oxygens (including phenoxy) is 1. The normalized spacial score (nSPS) is 20.9. The fourth-order valence-corrected chi connectivity index (χ4v) is 6.77. The van der Waals surface area contributed by atoms with Gasteiger partial charge in [0.05, 0.1) is 41.4 Å². The first-order valence-electron chi connectivity index (χ1n) is 12.5. The number of nitrogens with one attached hydrogen (secondary N) is 1. The molecule has 3 aromatic rings. The third-order valence-corrected chi connectivity index (χ3v) is 8.96. The Morgan fingerprint density at radius 1 is 0.919 bits per heavy atom. The van der Waals surface area contributed by atoms with Crippen molar-refractivity contribution in [2.45, 2.75) is 28.8 Å². The van der Waals surface area contributed by atoms with Gasteiger partial charge in [0.1, 0.15) is 0 Å². The van der Waals surface area contributed by atoms with Gasteiger partial charge in [-0.25, -0.2) is 13.4 Å². The number of nitrogens with zero attached hydrogens (tertiary/aromatic N) is 3. The monoisotopic (exact) mass is 516 g/mol. The number of sulfone groups is 1. The first-order chi connectivity index (χ1) is 18.0. The maximum absolute atomic E-state index is 13.5. The SMILES string of the molecule is O=C1C(NCc2ccccc2)CC(c2ccc3c(c2)-c2ccccc2S3(=O)=O)=NN1CN1CCOCC1. The zero-order valence-corrected chi connectivity index (χ0v) is 21.2. The molecular formula is C28H28N4O4S. The quantitative estimate of drug-likeness (QED) is 0.424. The van der Waals surface area contributed by atoms with Crippen molar-refractivity contribution in [3.63, 3.8) is 0 Å². The van der Waals surface area contributed by atoms with Crippen LogP contribution in [0.3, 0.4) is 0 Å². The highest BCUT2D eigenvalue weighted by Gasteiger charge is 2.35. The lowest BCUT2D eigenvalue weighted by Crippen LogP contribution is -2.53. The van der Waals surface area contributed by atoms with Gasteiger partial charge < -0.3 is 10.1 Å². The summed E-state index contributed by atoms with van der Waals surface area (Å²) in [4.78, 5) is 16.3. The summed E-state index contributed by atoms with van der Waals surface area (Å²) in [5.74, 6) is -0.0692. The van der Waals surface area contributed by atoms with E-state index >= 15 is 0 Å². The van der Waals surface area contributed by atoms with Gasteiger partial charge in [-0.15, -0.1) is 0 Å². The third kappa shape index (κ3) is 4.59. The lowest BCUT2D eigenvalue weighted by molar-refractivity contribution is -0.137. The smallest absolute Gasteiger partial charge is 0.261 e. The van der Waals surface area contributed by atoms with Gasteiger partial charge >= 0.3 is 0 Å². The second-order valence-electron chi connectivity index (χ2n) is 9.49. The molecule has 1 unspecified atom stereocenters. The van der Waals surface area contributed by atoms with E-state index in [1.807, 2.05) is 48.5 Å². The number of benzene rings is 3. The second kappa shape index (κ2) is 9.83. The zero-order chi connectivity index (χ0) is 25.4. The molecule has 0 saturated carbocycles. The molecule has 1 amide bonds. The number of carbonyl (C=O) groups excluding carboxylic acids is 1. The molecule has 0 aliphatic carbocycles. The summed E-state index contributed by atoms with van der Waals surface area (Å²) in [6.07, 6.45) is 0.415. The molecule has 9 heteroatoms. The van der Waals surface area contributed by atoms with Crippen molar-refractivity contribution < 1.29 is 17.9 Å². The Hall–Kier alpha value is -3.37. The highest BCUT2D eigenvalue weighted by atomic mass is 32.2. The van der Waals surface area contributed by atoms with Crippen LogP contribution in [0.25, 0.3) is 11.1 Å². The molecule has 1 saturated heterocycles. The lowest BCUT2D eigenvalue weighted by atomic mass is 9.96. The molecule has 3 heterocycles. The van der Waals surface area contributed by atoms with Crippen LogP contribution in [0.5, 0.6) is 0 Å². The Balaban J connectivity index is 1.33. The lowest BCUT2D eigenvalue weighted by Gasteiger charge is -2.35. The highest BCUT2D eigenvalue weighted by Crippen LogP contribution is 2.43. The Kier molecular flexibility index (Phi) is 6.37. The predicted molar refractivity (Wildman–Crippen MR) is 140 cm³/mol. The van der Waals surface area contributed by atoms with Crippen molar-refractivity contribution in [2.75, 3.05) is 33.0 Å². The number of fused-ring (bicyclic) bond motifs is 3. The molecular weight excluding hydrogens is 488 g/mol. The van der Waals surface area contributed by atoms with Gasteiger partial charge in [0, 0.05) is 37.2 Å². The average Bonchev–Trinajstić information content (AvgIpc) is 3.16. The Morgan fingerprint density at radius 3 is 2.46 bits per heavy atom. The first kappa shape index (κ1) is 24.0. The predicted octanol–water partition coefficient (Wildman–Crippen LogP) is 2.88. The molecule has 3 aromatic carbocycles. The molecule has 6 rings (SSSR count). The van der Waals surface area contributed by atoms with E-state index in [4.69, 9.17) is 9.84 Å². The van der Waals surface area contributed by atoms with Crippen molar-refractivity contribution in [3.8, 4) is 11.1 Å². The number of hydrogen-bond acceptors (Lipinski definition) is 7. The molecule has 1 atom stereocenters. The molecule has 1 fully saturated rings. The zero-order valence-electron chi connectivity index (χ0n) is 20.3. The molecule has 1 N–H and O–H groups in total. The third-order valence-electron chi connectivity index (χ3n) is 7.09. The van der Waals surface area contributed by atoms with E-state index in [1.165, 1.54) is 0 Å². The number of rotatable bonds is 6. The van der Waals surface area contributed by atoms with Crippen LogP contribution in [0.1, 0.15) is 17.5 Å². The van der Waals surface area contributed by atoms with Crippen LogP contribution >= 0.6 is 0 Å². The Morgan fingerprint density at radius 2 is 1.65 bits per heavy atom. The summed E-state index contributed by atoms with van der Waals surface area (Å²) in [6, 6.07) is 22.0. The Labute approximate surface area is 216 Å². The molecule has 190 valence electrons. The van der Waals surface area contributed by atoms with Crippen molar-refractivity contribution in [3.05, 3.63) is 83.9 Å². The van der Waals surface area contributed by atoms with Gasteiger partial charge in [-0.2, -0.15) is 5.10 Å². The fourth-order valence-electron chi connectivity index (χ4n) is 5.10. The molecule has 0 aromatic heterocycles. The summed E-state index contributed by atoms with van der Waals surface area (Å²) >= 11 is 0. The molecule has 3 aliphatic rings. The topological polar surface area (TPSA) is 91.3 Å². The largest absolute Gasteiger partial charge is 0.379 e. The second-order valence-corrected chi connectivity index (χ2v) is 11.4.